The van der Waals surface area contributed by atoms with Crippen LogP contribution in [-0.4, -0.2) is 0 Å². The monoisotopic (exact) mass is 842 g/mol. The number of fused-ring (bicyclic) bond motifs is 11. The fourth-order valence-corrected chi connectivity index (χ4v) is 11.3. The Morgan fingerprint density at radius 1 is 0.197 bits per heavy atom. The number of rotatable bonds is 4. The van der Waals surface area contributed by atoms with E-state index in [0.717, 1.165) is 0 Å². The zero-order valence-electron chi connectivity index (χ0n) is 38.5. The maximum Gasteiger partial charge on any atom is -0.00195 e. The van der Waals surface area contributed by atoms with Crippen LogP contribution < -0.4 is 0 Å². The molecule has 0 aliphatic heterocycles. The Kier molecular flexibility index (Phi) is 8.24. The van der Waals surface area contributed by atoms with E-state index in [4.69, 9.17) is 0 Å². The fraction of sp³-hybridized carbons (Fsp3) is 0.121. The Labute approximate surface area is 386 Å². The molecule has 0 amide bonds. The molecule has 13 rings (SSSR count). The van der Waals surface area contributed by atoms with Crippen molar-refractivity contribution in [1.82, 2.24) is 0 Å². The molecule has 0 saturated heterocycles. The highest BCUT2D eigenvalue weighted by molar-refractivity contribution is 6.41. The lowest BCUT2D eigenvalue weighted by Gasteiger charge is -2.19. The van der Waals surface area contributed by atoms with E-state index >= 15 is 0 Å². The smallest absolute Gasteiger partial charge is 0.00195 e. The van der Waals surface area contributed by atoms with Gasteiger partial charge in [0.15, 0.2) is 0 Å². The molecule has 0 bridgehead atoms. The van der Waals surface area contributed by atoms with Crippen molar-refractivity contribution in [2.24, 2.45) is 0 Å². The summed E-state index contributed by atoms with van der Waals surface area (Å²) in [5, 5.41) is 21.0. The van der Waals surface area contributed by atoms with Crippen molar-refractivity contribution in [2.75, 3.05) is 0 Å². The van der Waals surface area contributed by atoms with E-state index in [1.54, 1.807) is 0 Å². The highest BCUT2D eigenvalue weighted by Crippen LogP contribution is 2.50. The van der Waals surface area contributed by atoms with Crippen LogP contribution in [0.15, 0.2) is 194 Å². The second-order valence-corrected chi connectivity index (χ2v) is 20.9. The quantitative estimate of drug-likeness (QED) is 0.155. The third-order valence-electron chi connectivity index (χ3n) is 14.8. The van der Waals surface area contributed by atoms with Crippen LogP contribution in [0.25, 0.3) is 131 Å². The van der Waals surface area contributed by atoms with Gasteiger partial charge in [0.1, 0.15) is 0 Å². The molecule has 0 unspecified atom stereocenters. The summed E-state index contributed by atoms with van der Waals surface area (Å²) in [7, 11) is 0. The summed E-state index contributed by atoms with van der Waals surface area (Å²) in [5.41, 5.74) is 12.9. The fourth-order valence-electron chi connectivity index (χ4n) is 11.3. The maximum atomic E-state index is 2.52. The molecular weight excluding hydrogens is 793 g/mol. The van der Waals surface area contributed by atoms with Crippen LogP contribution in [0.2, 0.25) is 0 Å². The van der Waals surface area contributed by atoms with Crippen molar-refractivity contribution in [1.29, 1.82) is 0 Å². The van der Waals surface area contributed by atoms with E-state index in [1.165, 1.54) is 142 Å². The van der Waals surface area contributed by atoms with Crippen LogP contribution in [0.4, 0.5) is 0 Å². The molecule has 0 aromatic heterocycles. The lowest BCUT2D eigenvalue weighted by atomic mass is 9.86. The van der Waals surface area contributed by atoms with E-state index in [0.29, 0.717) is 0 Å². The molecule has 0 heteroatoms. The molecule has 0 radical (unpaired) electrons. The van der Waals surface area contributed by atoms with Gasteiger partial charge in [-0.3, -0.25) is 0 Å². The molecule has 66 heavy (non-hydrogen) atoms. The van der Waals surface area contributed by atoms with Crippen molar-refractivity contribution in [2.45, 2.75) is 52.4 Å². The average Bonchev–Trinajstić information content (AvgIpc) is 3.83. The van der Waals surface area contributed by atoms with Crippen LogP contribution >= 0.6 is 0 Å². The lowest BCUT2D eigenvalue weighted by Crippen LogP contribution is -2.10. The molecule has 0 atom stereocenters. The van der Waals surface area contributed by atoms with Gasteiger partial charge in [0.25, 0.3) is 0 Å². The van der Waals surface area contributed by atoms with Crippen molar-refractivity contribution < 1.29 is 0 Å². The number of benzene rings is 11. The third-order valence-corrected chi connectivity index (χ3v) is 14.8. The molecule has 0 fully saturated rings. The van der Waals surface area contributed by atoms with Crippen LogP contribution in [0.1, 0.15) is 52.7 Å². The first-order valence-corrected chi connectivity index (χ1v) is 23.6. The minimum Gasteiger partial charge on any atom is -0.0622 e. The number of hydrogen-bond acceptors (Lipinski definition) is 0. The van der Waals surface area contributed by atoms with Gasteiger partial charge in [0.05, 0.1) is 0 Å². The van der Waals surface area contributed by atoms with Crippen LogP contribution in [-0.2, 0) is 10.8 Å². The van der Waals surface area contributed by atoms with Gasteiger partial charge in [-0.15, -0.1) is 0 Å². The van der Waals surface area contributed by atoms with E-state index in [9.17, 15) is 0 Å². The van der Waals surface area contributed by atoms with Crippen molar-refractivity contribution >= 4 is 86.2 Å². The van der Waals surface area contributed by atoms with Crippen LogP contribution in [0.3, 0.4) is 0 Å². The Morgan fingerprint density at radius 2 is 0.455 bits per heavy atom. The average molecular weight is 843 g/mol. The normalized spacial score (nSPS) is 12.7. The SMILES string of the molecule is CC(C)(C)c1ccc(-c2ccc3c(c2)c2cc(-c4ccccc4)cc4c5ccc6c(cc7c8ccc(-c9ccc(C(C)(C)C)cc9)cc8c8cc(-c9ccccc9)cc6c87)c5cc3c42)cc1. The molecule has 0 aliphatic carbocycles. The minimum atomic E-state index is 0.108. The van der Waals surface area contributed by atoms with Gasteiger partial charge in [-0.1, -0.05) is 187 Å². The van der Waals surface area contributed by atoms with Gasteiger partial charge in [0.2, 0.25) is 0 Å². The van der Waals surface area contributed by atoms with Gasteiger partial charge in [-0.05, 0) is 201 Å². The highest BCUT2D eigenvalue weighted by atomic mass is 14.3. The van der Waals surface area contributed by atoms with Crippen molar-refractivity contribution in [3.8, 4) is 44.5 Å². The summed E-state index contributed by atoms with van der Waals surface area (Å²) >= 11 is 0. The minimum absolute atomic E-state index is 0.108. The first-order valence-electron chi connectivity index (χ1n) is 23.6. The molecule has 0 spiro atoms. The Hall–Kier alpha value is -7.54. The lowest BCUT2D eigenvalue weighted by molar-refractivity contribution is 0.590. The highest BCUT2D eigenvalue weighted by Gasteiger charge is 2.22. The predicted octanol–water partition coefficient (Wildman–Crippen LogP) is 19.1. The van der Waals surface area contributed by atoms with Crippen LogP contribution in [0, 0.1) is 0 Å². The third kappa shape index (κ3) is 5.91. The molecule has 13 aromatic carbocycles. The largest absolute Gasteiger partial charge is 0.0622 e. The van der Waals surface area contributed by atoms with Crippen molar-refractivity contribution in [3.05, 3.63) is 205 Å². The molecule has 0 aliphatic rings. The first kappa shape index (κ1) is 38.9. The topological polar surface area (TPSA) is 0 Å². The standard InChI is InChI=1S/C66H50/c1-65(2,3)47-23-17-41(18-24-47)43-21-27-49-53(31-43)59-35-45(39-13-9-7-10-14-39)33-57-51-29-30-52-56(55(51)37-61(49)63(57)59)38-62-50-28-22-44(42-19-25-48(26-20-42)66(4,5)6)32-54(50)60-36-46(34-58(52)64(60)62)40-15-11-8-12-16-40/h7-38H,1-6H3. The Balaban J connectivity index is 1.11. The number of hydrogen-bond donors (Lipinski definition) is 0. The molecule has 13 aromatic rings. The molecule has 0 N–H and O–H groups in total. The van der Waals surface area contributed by atoms with Gasteiger partial charge >= 0.3 is 0 Å². The zero-order chi connectivity index (χ0) is 44.6. The van der Waals surface area contributed by atoms with Gasteiger partial charge in [-0.25, -0.2) is 0 Å². The Morgan fingerprint density at radius 3 is 0.803 bits per heavy atom. The van der Waals surface area contributed by atoms with Gasteiger partial charge in [0, 0.05) is 0 Å². The van der Waals surface area contributed by atoms with E-state index < -0.39 is 0 Å². The summed E-state index contributed by atoms with van der Waals surface area (Å²) in [6.07, 6.45) is 0. The summed E-state index contributed by atoms with van der Waals surface area (Å²) in [6.45, 7) is 13.7. The van der Waals surface area contributed by atoms with E-state index in [2.05, 4.69) is 236 Å². The maximum absolute atomic E-state index is 2.52. The van der Waals surface area contributed by atoms with Gasteiger partial charge in [-0.2, -0.15) is 0 Å². The molecule has 0 saturated carbocycles. The molecule has 0 heterocycles. The second-order valence-electron chi connectivity index (χ2n) is 20.9. The summed E-state index contributed by atoms with van der Waals surface area (Å²) in [6, 6.07) is 74.2. The summed E-state index contributed by atoms with van der Waals surface area (Å²) in [5.74, 6) is 0. The molecule has 0 nitrogen and oxygen atoms in total. The second kappa shape index (κ2) is 14.0. The zero-order valence-corrected chi connectivity index (χ0v) is 38.5. The van der Waals surface area contributed by atoms with E-state index in [1.807, 2.05) is 0 Å². The van der Waals surface area contributed by atoms with Gasteiger partial charge < -0.3 is 0 Å². The molecular formula is C66H50. The Bertz CT molecular complexity index is 3780. The summed E-state index contributed by atoms with van der Waals surface area (Å²) < 4.78 is 0. The van der Waals surface area contributed by atoms with Crippen LogP contribution in [0.5, 0.6) is 0 Å². The van der Waals surface area contributed by atoms with Crippen molar-refractivity contribution in [3.63, 3.8) is 0 Å². The van der Waals surface area contributed by atoms with E-state index in [-0.39, 0.29) is 10.8 Å². The summed E-state index contributed by atoms with van der Waals surface area (Å²) in [4.78, 5) is 0. The predicted molar refractivity (Wildman–Crippen MR) is 288 cm³/mol. The first-order chi connectivity index (χ1) is 32.0. The molecule has 314 valence electrons.